The fourth-order valence-corrected chi connectivity index (χ4v) is 2.01. The minimum absolute atomic E-state index is 0.0629. The second-order valence-electron chi connectivity index (χ2n) is 5.28. The molecule has 2 amide bonds. The Balaban J connectivity index is 0.000000263. The molecule has 7 heteroatoms. The van der Waals surface area contributed by atoms with Crippen molar-refractivity contribution in [2.24, 2.45) is 0 Å². The third kappa shape index (κ3) is 7.23. The molecule has 0 fully saturated rings. The molecule has 2 rings (SSSR count). The Bertz CT molecular complexity index is 719. The predicted octanol–water partition coefficient (Wildman–Crippen LogP) is 1.73. The highest BCUT2D eigenvalue weighted by Gasteiger charge is 2.03. The first-order valence-corrected chi connectivity index (χ1v) is 8.14. The van der Waals surface area contributed by atoms with Crippen LogP contribution >= 0.6 is 0 Å². The second-order valence-corrected chi connectivity index (χ2v) is 5.28. The number of hydrogen-bond donors (Lipinski definition) is 4. The van der Waals surface area contributed by atoms with E-state index in [9.17, 15) is 9.59 Å². The van der Waals surface area contributed by atoms with Crippen LogP contribution in [0.25, 0.3) is 0 Å². The van der Waals surface area contributed by atoms with Crippen LogP contribution in [-0.4, -0.2) is 46.2 Å². The lowest BCUT2D eigenvalue weighted by molar-refractivity contribution is 0.0935. The topological polar surface area (TPSA) is 105 Å². The van der Waals surface area contributed by atoms with Crippen LogP contribution in [0.3, 0.4) is 0 Å². The van der Waals surface area contributed by atoms with Gasteiger partial charge in [0.2, 0.25) is 0 Å². The van der Waals surface area contributed by atoms with E-state index in [1.807, 2.05) is 19.2 Å². The van der Waals surface area contributed by atoms with Gasteiger partial charge in [-0.2, -0.15) is 0 Å². The molecule has 0 heterocycles. The Kier molecular flexibility index (Phi) is 9.27. The Morgan fingerprint density at radius 1 is 1.00 bits per heavy atom. The molecule has 2 aromatic carbocycles. The van der Waals surface area contributed by atoms with Gasteiger partial charge >= 0.3 is 0 Å². The molecule has 0 aromatic heterocycles. The fraction of sp³-hybridized carbons (Fsp3) is 0.263. The van der Waals surface area contributed by atoms with E-state index in [4.69, 9.17) is 10.5 Å². The Hall–Kier alpha value is -3.06. The molecule has 0 unspecified atom stereocenters. The van der Waals surface area contributed by atoms with E-state index in [2.05, 4.69) is 16.0 Å². The van der Waals surface area contributed by atoms with Crippen molar-refractivity contribution in [3.8, 4) is 0 Å². The average Bonchev–Trinajstić information content (AvgIpc) is 2.68. The van der Waals surface area contributed by atoms with Crippen molar-refractivity contribution in [3.63, 3.8) is 0 Å². The standard InChI is InChI=1S/C10H14N2O2.C9H12N2O/c1-14-6-5-12-10(13)8-3-2-4-9(11)7-8;1-10-8-5-3-4-7(6-8)9(12)11-2/h2-4,7H,5-6,11H2,1H3,(H,12,13);3-6,10H,1-2H3,(H,11,12). The highest BCUT2D eigenvalue weighted by molar-refractivity contribution is 5.95. The number of anilines is 2. The molecule has 0 aliphatic rings. The largest absolute Gasteiger partial charge is 0.399 e. The van der Waals surface area contributed by atoms with Crippen LogP contribution in [0, 0.1) is 0 Å². The lowest BCUT2D eigenvalue weighted by atomic mass is 10.2. The zero-order chi connectivity index (χ0) is 19.4. The summed E-state index contributed by atoms with van der Waals surface area (Å²) < 4.78 is 4.81. The SMILES string of the molecule is CNC(=O)c1cccc(NC)c1.COCCNC(=O)c1cccc(N)c1. The number of hydrogen-bond acceptors (Lipinski definition) is 5. The number of amides is 2. The Morgan fingerprint density at radius 2 is 1.65 bits per heavy atom. The minimum Gasteiger partial charge on any atom is -0.399 e. The summed E-state index contributed by atoms with van der Waals surface area (Å²) in [6, 6.07) is 14.2. The predicted molar refractivity (Wildman–Crippen MR) is 104 cm³/mol. The minimum atomic E-state index is -0.130. The van der Waals surface area contributed by atoms with Crippen LogP contribution in [0.4, 0.5) is 11.4 Å². The summed E-state index contributed by atoms with van der Waals surface area (Å²) in [4.78, 5) is 22.6. The first-order valence-electron chi connectivity index (χ1n) is 8.14. The van der Waals surface area contributed by atoms with Crippen molar-refractivity contribution in [1.82, 2.24) is 10.6 Å². The van der Waals surface area contributed by atoms with E-state index in [-0.39, 0.29) is 11.8 Å². The summed E-state index contributed by atoms with van der Waals surface area (Å²) in [7, 11) is 5.03. The second kappa shape index (κ2) is 11.5. The molecule has 0 radical (unpaired) electrons. The van der Waals surface area contributed by atoms with E-state index in [1.54, 1.807) is 50.6 Å². The van der Waals surface area contributed by atoms with Crippen LogP contribution in [-0.2, 0) is 4.74 Å². The van der Waals surface area contributed by atoms with Gasteiger partial charge in [0, 0.05) is 50.3 Å². The molecule has 0 aliphatic carbocycles. The van der Waals surface area contributed by atoms with Gasteiger partial charge < -0.3 is 26.4 Å². The molecule has 0 spiro atoms. The summed E-state index contributed by atoms with van der Waals surface area (Å²) in [5, 5.41) is 8.24. The number of ether oxygens (including phenoxy) is 1. The van der Waals surface area contributed by atoms with Gasteiger partial charge in [0.05, 0.1) is 6.61 Å². The monoisotopic (exact) mass is 358 g/mol. The lowest BCUT2D eigenvalue weighted by Crippen LogP contribution is -2.26. The van der Waals surface area contributed by atoms with Gasteiger partial charge in [-0.3, -0.25) is 9.59 Å². The Morgan fingerprint density at radius 3 is 2.23 bits per heavy atom. The van der Waals surface area contributed by atoms with Crippen LogP contribution in [0.2, 0.25) is 0 Å². The van der Waals surface area contributed by atoms with E-state index >= 15 is 0 Å². The highest BCUT2D eigenvalue weighted by atomic mass is 16.5. The summed E-state index contributed by atoms with van der Waals surface area (Å²) >= 11 is 0. The molecule has 2 aromatic rings. The van der Waals surface area contributed by atoms with Gasteiger partial charge in [0.25, 0.3) is 11.8 Å². The maximum atomic E-state index is 11.4. The molecule has 26 heavy (non-hydrogen) atoms. The van der Waals surface area contributed by atoms with Gasteiger partial charge in [0.15, 0.2) is 0 Å². The quantitative estimate of drug-likeness (QED) is 0.465. The number of nitrogens with one attached hydrogen (secondary N) is 3. The highest BCUT2D eigenvalue weighted by Crippen LogP contribution is 2.09. The van der Waals surface area contributed by atoms with Gasteiger partial charge in [0.1, 0.15) is 0 Å². The average molecular weight is 358 g/mol. The third-order valence-corrected chi connectivity index (χ3v) is 3.38. The fourth-order valence-electron chi connectivity index (χ4n) is 2.01. The third-order valence-electron chi connectivity index (χ3n) is 3.38. The molecule has 5 N–H and O–H groups in total. The molecule has 0 atom stereocenters. The molecule has 140 valence electrons. The van der Waals surface area contributed by atoms with E-state index in [0.29, 0.717) is 30.0 Å². The zero-order valence-corrected chi connectivity index (χ0v) is 15.3. The van der Waals surface area contributed by atoms with Gasteiger partial charge in [-0.15, -0.1) is 0 Å². The van der Waals surface area contributed by atoms with Crippen LogP contribution in [0.1, 0.15) is 20.7 Å². The van der Waals surface area contributed by atoms with Gasteiger partial charge in [-0.25, -0.2) is 0 Å². The molecular weight excluding hydrogens is 332 g/mol. The molecular formula is C19H26N4O3. The summed E-state index contributed by atoms with van der Waals surface area (Å²) in [5.74, 6) is -0.193. The first kappa shape index (κ1) is 21.0. The number of nitrogen functional groups attached to an aromatic ring is 1. The lowest BCUT2D eigenvalue weighted by Gasteiger charge is -2.04. The number of nitrogens with two attached hydrogens (primary N) is 1. The molecule has 0 saturated heterocycles. The van der Waals surface area contributed by atoms with Gasteiger partial charge in [-0.1, -0.05) is 12.1 Å². The Labute approximate surface area is 153 Å². The van der Waals surface area contributed by atoms with Crippen molar-refractivity contribution in [2.75, 3.05) is 45.4 Å². The zero-order valence-electron chi connectivity index (χ0n) is 15.3. The van der Waals surface area contributed by atoms with Gasteiger partial charge in [-0.05, 0) is 36.4 Å². The van der Waals surface area contributed by atoms with Crippen molar-refractivity contribution in [2.45, 2.75) is 0 Å². The van der Waals surface area contributed by atoms with Crippen LogP contribution in [0.5, 0.6) is 0 Å². The van der Waals surface area contributed by atoms with E-state index < -0.39 is 0 Å². The normalized spacial score (nSPS) is 9.50. The molecule has 7 nitrogen and oxygen atoms in total. The smallest absolute Gasteiger partial charge is 0.251 e. The number of rotatable bonds is 6. The number of carbonyl (C=O) groups is 2. The summed E-state index contributed by atoms with van der Waals surface area (Å²) in [6.45, 7) is 1.01. The van der Waals surface area contributed by atoms with Crippen molar-refractivity contribution < 1.29 is 14.3 Å². The van der Waals surface area contributed by atoms with Crippen LogP contribution in [0.15, 0.2) is 48.5 Å². The first-order chi connectivity index (χ1) is 12.5. The van der Waals surface area contributed by atoms with Crippen LogP contribution < -0.4 is 21.7 Å². The maximum absolute atomic E-state index is 11.4. The van der Waals surface area contributed by atoms with Crippen molar-refractivity contribution in [1.29, 1.82) is 0 Å². The van der Waals surface area contributed by atoms with Crippen molar-refractivity contribution >= 4 is 23.2 Å². The summed E-state index contributed by atoms with van der Waals surface area (Å²) in [6.07, 6.45) is 0. The number of benzene rings is 2. The van der Waals surface area contributed by atoms with E-state index in [0.717, 1.165) is 5.69 Å². The molecule has 0 bridgehead atoms. The molecule has 0 saturated carbocycles. The maximum Gasteiger partial charge on any atom is 0.251 e. The number of methoxy groups -OCH3 is 1. The van der Waals surface area contributed by atoms with E-state index in [1.165, 1.54) is 0 Å². The summed E-state index contributed by atoms with van der Waals surface area (Å²) in [5.41, 5.74) is 8.32. The number of carbonyl (C=O) groups excluding carboxylic acids is 2. The molecule has 0 aliphatic heterocycles. The van der Waals surface area contributed by atoms with Crippen molar-refractivity contribution in [3.05, 3.63) is 59.7 Å².